The highest BCUT2D eigenvalue weighted by molar-refractivity contribution is 5.80. The molecule has 0 unspecified atom stereocenters. The SMILES string of the molecule is COc1ccc(-c2ccc(C[C@H](NC(=O)OC(C)(C)C)[C@@H](O)C[C@@H](Cc3ccccc3F)C(=O)N[C@H]3c4cccc(F)c4OC[C@H]3O)cc2)cn1. The Bertz CT molecular complexity index is 1800. The van der Waals surface area contributed by atoms with Gasteiger partial charge in [0.25, 0.3) is 0 Å². The van der Waals surface area contributed by atoms with Gasteiger partial charge in [-0.2, -0.15) is 0 Å². The van der Waals surface area contributed by atoms with Gasteiger partial charge in [-0.1, -0.05) is 54.6 Å². The molecule has 0 aliphatic carbocycles. The molecule has 0 saturated carbocycles. The second kappa shape index (κ2) is 16.3. The van der Waals surface area contributed by atoms with Crippen molar-refractivity contribution in [1.82, 2.24) is 15.6 Å². The van der Waals surface area contributed by atoms with Gasteiger partial charge in [-0.15, -0.1) is 0 Å². The Morgan fingerprint density at radius 1 is 0.961 bits per heavy atom. The number of pyridine rings is 1. The maximum Gasteiger partial charge on any atom is 0.407 e. The zero-order chi connectivity index (χ0) is 36.7. The second-order valence-electron chi connectivity index (χ2n) is 13.6. The number of aliphatic hydroxyl groups excluding tert-OH is 2. The van der Waals surface area contributed by atoms with Crippen LogP contribution in [-0.2, 0) is 22.4 Å². The predicted octanol–water partition coefficient (Wildman–Crippen LogP) is 5.69. The van der Waals surface area contributed by atoms with Crippen molar-refractivity contribution in [3.63, 3.8) is 0 Å². The number of rotatable bonds is 12. The van der Waals surface area contributed by atoms with E-state index in [0.29, 0.717) is 5.88 Å². The van der Waals surface area contributed by atoms with Crippen molar-refractivity contribution in [3.8, 4) is 22.8 Å². The zero-order valence-electron chi connectivity index (χ0n) is 28.9. The van der Waals surface area contributed by atoms with Crippen LogP contribution in [0.15, 0.2) is 85.1 Å². The molecule has 3 aromatic carbocycles. The van der Waals surface area contributed by atoms with E-state index in [1.165, 1.54) is 24.3 Å². The molecule has 0 spiro atoms. The summed E-state index contributed by atoms with van der Waals surface area (Å²) >= 11 is 0. The van der Waals surface area contributed by atoms with Crippen LogP contribution in [0, 0.1) is 17.6 Å². The van der Waals surface area contributed by atoms with Crippen LogP contribution in [0.25, 0.3) is 11.1 Å². The molecule has 12 heteroatoms. The van der Waals surface area contributed by atoms with Gasteiger partial charge in [0.15, 0.2) is 11.6 Å². The molecule has 10 nitrogen and oxygen atoms in total. The lowest BCUT2D eigenvalue weighted by Crippen LogP contribution is -2.49. The number of halogens is 2. The Kier molecular flexibility index (Phi) is 11.9. The molecular formula is C39H43F2N3O7. The first-order valence-electron chi connectivity index (χ1n) is 16.7. The number of alkyl carbamates (subject to hydrolysis) is 1. The second-order valence-corrected chi connectivity index (χ2v) is 13.6. The largest absolute Gasteiger partial charge is 0.487 e. The van der Waals surface area contributed by atoms with E-state index in [-0.39, 0.29) is 42.7 Å². The van der Waals surface area contributed by atoms with Crippen LogP contribution in [0.3, 0.4) is 0 Å². The molecule has 4 N–H and O–H groups in total. The van der Waals surface area contributed by atoms with E-state index in [4.69, 9.17) is 14.2 Å². The van der Waals surface area contributed by atoms with Crippen molar-refractivity contribution in [3.05, 3.63) is 113 Å². The number of aliphatic hydroxyl groups is 2. The van der Waals surface area contributed by atoms with Crippen LogP contribution >= 0.6 is 0 Å². The quantitative estimate of drug-likeness (QED) is 0.148. The summed E-state index contributed by atoms with van der Waals surface area (Å²) in [6.45, 7) is 4.89. The van der Waals surface area contributed by atoms with Crippen molar-refractivity contribution in [2.75, 3.05) is 13.7 Å². The summed E-state index contributed by atoms with van der Waals surface area (Å²) < 4.78 is 45.5. The number of carbonyl (C=O) groups is 2. The fourth-order valence-electron chi connectivity index (χ4n) is 6.01. The van der Waals surface area contributed by atoms with Crippen molar-refractivity contribution >= 4 is 12.0 Å². The summed E-state index contributed by atoms with van der Waals surface area (Å²) in [5, 5.41) is 28.1. The maximum atomic E-state index is 14.9. The van der Waals surface area contributed by atoms with Gasteiger partial charge in [0.1, 0.15) is 24.1 Å². The third-order valence-electron chi connectivity index (χ3n) is 8.59. The highest BCUT2D eigenvalue weighted by atomic mass is 19.1. The van der Waals surface area contributed by atoms with Gasteiger partial charge in [-0.05, 0) is 74.9 Å². The van der Waals surface area contributed by atoms with Gasteiger partial charge in [0.2, 0.25) is 11.8 Å². The molecular weight excluding hydrogens is 660 g/mol. The minimum absolute atomic E-state index is 0.0744. The van der Waals surface area contributed by atoms with Crippen LogP contribution < -0.4 is 20.1 Å². The lowest BCUT2D eigenvalue weighted by molar-refractivity contribution is -0.128. The number of methoxy groups -OCH3 is 1. The topological polar surface area (TPSA) is 139 Å². The molecule has 5 atom stereocenters. The van der Waals surface area contributed by atoms with E-state index >= 15 is 0 Å². The van der Waals surface area contributed by atoms with E-state index in [1.54, 1.807) is 58.3 Å². The monoisotopic (exact) mass is 703 g/mol. The van der Waals surface area contributed by atoms with Gasteiger partial charge in [-0.3, -0.25) is 4.79 Å². The molecule has 0 radical (unpaired) electrons. The average molecular weight is 704 g/mol. The lowest BCUT2D eigenvalue weighted by atomic mass is 9.87. The van der Waals surface area contributed by atoms with E-state index < -0.39 is 59.4 Å². The third-order valence-corrected chi connectivity index (χ3v) is 8.59. The normalized spacial score (nSPS) is 17.3. The number of hydrogen-bond donors (Lipinski definition) is 4. The zero-order valence-corrected chi connectivity index (χ0v) is 28.9. The van der Waals surface area contributed by atoms with Crippen molar-refractivity contribution in [1.29, 1.82) is 0 Å². The highest BCUT2D eigenvalue weighted by Crippen LogP contribution is 2.35. The number of aromatic nitrogens is 1. The Morgan fingerprint density at radius 2 is 1.67 bits per heavy atom. The molecule has 5 rings (SSSR count). The molecule has 51 heavy (non-hydrogen) atoms. The van der Waals surface area contributed by atoms with E-state index in [0.717, 1.165) is 16.7 Å². The van der Waals surface area contributed by atoms with Crippen LogP contribution in [-0.4, -0.2) is 64.8 Å². The molecule has 0 saturated heterocycles. The summed E-state index contributed by atoms with van der Waals surface area (Å²) in [5.74, 6) is -2.39. The third kappa shape index (κ3) is 9.80. The average Bonchev–Trinajstić information content (AvgIpc) is 3.09. The fourth-order valence-corrected chi connectivity index (χ4v) is 6.01. The number of hydrogen-bond acceptors (Lipinski definition) is 8. The van der Waals surface area contributed by atoms with Gasteiger partial charge in [0.05, 0.1) is 25.3 Å². The van der Waals surface area contributed by atoms with Crippen molar-refractivity contribution < 1.29 is 42.8 Å². The van der Waals surface area contributed by atoms with E-state index in [2.05, 4.69) is 15.6 Å². The van der Waals surface area contributed by atoms with Gasteiger partial charge in [-0.25, -0.2) is 18.6 Å². The summed E-state index contributed by atoms with van der Waals surface area (Å²) in [4.78, 5) is 31.2. The number of fused-ring (bicyclic) bond motifs is 1. The first kappa shape index (κ1) is 37.2. The number of amides is 2. The predicted molar refractivity (Wildman–Crippen MR) is 186 cm³/mol. The lowest BCUT2D eigenvalue weighted by Gasteiger charge is -2.33. The molecule has 1 aromatic heterocycles. The molecule has 270 valence electrons. The summed E-state index contributed by atoms with van der Waals surface area (Å²) in [6.07, 6.45) is -1.71. The Balaban J connectivity index is 1.40. The van der Waals surface area contributed by atoms with Crippen LogP contribution in [0.4, 0.5) is 13.6 Å². The van der Waals surface area contributed by atoms with Crippen LogP contribution in [0.1, 0.15) is 49.9 Å². The van der Waals surface area contributed by atoms with Crippen LogP contribution in [0.5, 0.6) is 11.6 Å². The van der Waals surface area contributed by atoms with E-state index in [9.17, 15) is 28.6 Å². The van der Waals surface area contributed by atoms with Gasteiger partial charge < -0.3 is 35.1 Å². The van der Waals surface area contributed by atoms with Crippen molar-refractivity contribution in [2.24, 2.45) is 5.92 Å². The Labute approximate surface area is 295 Å². The summed E-state index contributed by atoms with van der Waals surface area (Å²) in [6, 6.07) is 19.4. The standard InChI is InChI=1S/C39H43F2N3O7/c1-39(2,3)51-38(48)43-31(18-23-12-14-24(15-13-23)26-16-17-34(49-4)42-21-26)32(45)20-27(19-25-8-5-6-10-29(25)40)37(47)44-35-28-9-7-11-30(41)36(28)50-22-33(35)46/h5-17,21,27,31-33,35,45-46H,18-20,22H2,1-4H3,(H,43,48)(H,44,47)/t27-,31+,32+,33-,35+/m1/s1. The first-order chi connectivity index (χ1) is 24.3. The number of carbonyl (C=O) groups excluding carboxylic acids is 2. The number of nitrogens with one attached hydrogen (secondary N) is 2. The molecule has 0 bridgehead atoms. The molecule has 1 aliphatic rings. The van der Waals surface area contributed by atoms with Crippen LogP contribution in [0.2, 0.25) is 0 Å². The molecule has 2 amide bonds. The highest BCUT2D eigenvalue weighted by Gasteiger charge is 2.36. The van der Waals surface area contributed by atoms with E-state index in [1.807, 2.05) is 30.3 Å². The number of benzene rings is 3. The molecule has 0 fully saturated rings. The summed E-state index contributed by atoms with van der Waals surface area (Å²) in [5.41, 5.74) is 2.22. The first-order valence-corrected chi connectivity index (χ1v) is 16.7. The van der Waals surface area contributed by atoms with Crippen molar-refractivity contribution in [2.45, 2.75) is 69.9 Å². The maximum absolute atomic E-state index is 14.9. The smallest absolute Gasteiger partial charge is 0.407 e. The Morgan fingerprint density at radius 3 is 2.33 bits per heavy atom. The van der Waals surface area contributed by atoms with Gasteiger partial charge in [0, 0.05) is 29.3 Å². The number of nitrogens with zero attached hydrogens (tertiary/aromatic N) is 1. The summed E-state index contributed by atoms with van der Waals surface area (Å²) in [7, 11) is 1.54. The fraction of sp³-hybridized carbons (Fsp3) is 0.359. The molecule has 1 aliphatic heterocycles. The number of para-hydroxylation sites is 1. The minimum atomic E-state index is -1.31. The van der Waals surface area contributed by atoms with Gasteiger partial charge >= 0.3 is 6.09 Å². The Hall–Kier alpha value is -5.07. The number of ether oxygens (including phenoxy) is 3. The molecule has 4 aromatic rings. The molecule has 2 heterocycles. The minimum Gasteiger partial charge on any atom is -0.487 e.